The highest BCUT2D eigenvalue weighted by Crippen LogP contribution is 2.21. The molecule has 0 atom stereocenters. The third-order valence-electron chi connectivity index (χ3n) is 3.88. The maximum Gasteiger partial charge on any atom is 0.253 e. The van der Waals surface area contributed by atoms with Gasteiger partial charge in [0.2, 0.25) is 0 Å². The predicted molar refractivity (Wildman–Crippen MR) is 96.9 cm³/mol. The Labute approximate surface area is 153 Å². The standard InChI is InChI=1S/C18H14ClN5O2/c19-14-4-3-11(10-22-14)5-7-21-18(25)12-6-8-20-17-15(12)23-16(24-17)13-2-1-9-26-13/h1-4,6,8-10H,5,7H2,(H,21,25)(H,20,23,24). The monoisotopic (exact) mass is 367 g/mol. The Balaban J connectivity index is 1.50. The van der Waals surface area contributed by atoms with Crippen molar-refractivity contribution in [3.63, 3.8) is 0 Å². The highest BCUT2D eigenvalue weighted by molar-refractivity contribution is 6.29. The number of nitrogens with one attached hydrogen (secondary N) is 2. The topological polar surface area (TPSA) is 96.7 Å². The lowest BCUT2D eigenvalue weighted by atomic mass is 10.2. The molecule has 130 valence electrons. The Kier molecular flexibility index (Phi) is 4.37. The number of amides is 1. The number of imidazole rings is 1. The highest BCUT2D eigenvalue weighted by Gasteiger charge is 2.15. The van der Waals surface area contributed by atoms with E-state index in [1.165, 1.54) is 0 Å². The van der Waals surface area contributed by atoms with Gasteiger partial charge in [0.1, 0.15) is 5.15 Å². The molecule has 4 heterocycles. The molecule has 4 rings (SSSR count). The Bertz CT molecular complexity index is 1040. The van der Waals surface area contributed by atoms with Gasteiger partial charge in [-0.2, -0.15) is 0 Å². The summed E-state index contributed by atoms with van der Waals surface area (Å²) in [4.78, 5) is 28.3. The lowest BCUT2D eigenvalue weighted by Crippen LogP contribution is -2.26. The van der Waals surface area contributed by atoms with Crippen molar-refractivity contribution >= 4 is 28.7 Å². The van der Waals surface area contributed by atoms with Crippen LogP contribution in [0.25, 0.3) is 22.7 Å². The Morgan fingerprint density at radius 3 is 2.92 bits per heavy atom. The van der Waals surface area contributed by atoms with Crippen LogP contribution in [0.3, 0.4) is 0 Å². The molecule has 0 aliphatic rings. The summed E-state index contributed by atoms with van der Waals surface area (Å²) in [5.41, 5.74) is 2.52. The van der Waals surface area contributed by atoms with E-state index >= 15 is 0 Å². The van der Waals surface area contributed by atoms with Crippen LogP contribution in [0.1, 0.15) is 15.9 Å². The number of aromatic amines is 1. The average molecular weight is 368 g/mol. The second kappa shape index (κ2) is 6.97. The summed E-state index contributed by atoms with van der Waals surface area (Å²) < 4.78 is 5.33. The number of hydrogen-bond donors (Lipinski definition) is 2. The minimum Gasteiger partial charge on any atom is -0.461 e. The van der Waals surface area contributed by atoms with Crippen molar-refractivity contribution in [1.82, 2.24) is 25.3 Å². The Hall–Kier alpha value is -3.19. The molecule has 0 aromatic carbocycles. The van der Waals surface area contributed by atoms with E-state index in [2.05, 4.69) is 25.3 Å². The number of H-pyrrole nitrogens is 1. The zero-order valence-electron chi connectivity index (χ0n) is 13.6. The molecule has 2 N–H and O–H groups in total. The van der Waals surface area contributed by atoms with Crippen LogP contribution < -0.4 is 5.32 Å². The maximum atomic E-state index is 12.6. The molecule has 0 saturated heterocycles. The first kappa shape index (κ1) is 16.3. The van der Waals surface area contributed by atoms with Crippen LogP contribution in [0.15, 0.2) is 53.4 Å². The van der Waals surface area contributed by atoms with E-state index in [0.717, 1.165) is 5.56 Å². The first-order valence-electron chi connectivity index (χ1n) is 7.98. The fourth-order valence-electron chi connectivity index (χ4n) is 2.60. The van der Waals surface area contributed by atoms with Gasteiger partial charge in [-0.05, 0) is 36.2 Å². The third-order valence-corrected chi connectivity index (χ3v) is 4.10. The van der Waals surface area contributed by atoms with Gasteiger partial charge in [-0.25, -0.2) is 15.0 Å². The van der Waals surface area contributed by atoms with Crippen molar-refractivity contribution in [2.75, 3.05) is 6.54 Å². The first-order chi connectivity index (χ1) is 12.7. The van der Waals surface area contributed by atoms with Crippen LogP contribution in [0.2, 0.25) is 5.15 Å². The number of aromatic nitrogens is 4. The highest BCUT2D eigenvalue weighted by atomic mass is 35.5. The summed E-state index contributed by atoms with van der Waals surface area (Å²) in [6.07, 6.45) is 5.48. The van der Waals surface area contributed by atoms with Crippen LogP contribution in [-0.4, -0.2) is 32.4 Å². The quantitative estimate of drug-likeness (QED) is 0.528. The summed E-state index contributed by atoms with van der Waals surface area (Å²) in [6.45, 7) is 0.477. The molecular weight excluding hydrogens is 354 g/mol. The van der Waals surface area contributed by atoms with E-state index in [4.69, 9.17) is 16.0 Å². The minimum atomic E-state index is -0.200. The number of carbonyl (C=O) groups excluding carboxylic acids is 1. The number of carbonyl (C=O) groups is 1. The largest absolute Gasteiger partial charge is 0.461 e. The van der Waals surface area contributed by atoms with Crippen molar-refractivity contribution < 1.29 is 9.21 Å². The summed E-state index contributed by atoms with van der Waals surface area (Å²) in [7, 11) is 0. The van der Waals surface area contributed by atoms with E-state index in [0.29, 0.717) is 46.4 Å². The number of hydrogen-bond acceptors (Lipinski definition) is 5. The van der Waals surface area contributed by atoms with Gasteiger partial charge in [0.15, 0.2) is 17.2 Å². The molecular formula is C18H14ClN5O2. The van der Waals surface area contributed by atoms with Crippen LogP contribution in [-0.2, 0) is 6.42 Å². The first-order valence-corrected chi connectivity index (χ1v) is 8.36. The lowest BCUT2D eigenvalue weighted by Gasteiger charge is -2.06. The zero-order chi connectivity index (χ0) is 17.9. The van der Waals surface area contributed by atoms with Crippen LogP contribution in [0.4, 0.5) is 0 Å². The van der Waals surface area contributed by atoms with Crippen molar-refractivity contribution in [1.29, 1.82) is 0 Å². The van der Waals surface area contributed by atoms with Gasteiger partial charge in [-0.15, -0.1) is 0 Å². The van der Waals surface area contributed by atoms with Crippen LogP contribution in [0.5, 0.6) is 0 Å². The Morgan fingerprint density at radius 2 is 2.15 bits per heavy atom. The van der Waals surface area contributed by atoms with Crippen molar-refractivity contribution in [2.45, 2.75) is 6.42 Å². The summed E-state index contributed by atoms with van der Waals surface area (Å²) >= 11 is 5.77. The second-order valence-electron chi connectivity index (χ2n) is 5.61. The summed E-state index contributed by atoms with van der Waals surface area (Å²) in [5, 5.41) is 3.35. The van der Waals surface area contributed by atoms with Crippen LogP contribution >= 0.6 is 11.6 Å². The molecule has 0 spiro atoms. The second-order valence-corrected chi connectivity index (χ2v) is 6.00. The molecule has 4 aromatic rings. The SMILES string of the molecule is O=C(NCCc1ccc(Cl)nc1)c1ccnc2nc(-c3ccco3)[nH]c12. The van der Waals surface area contributed by atoms with Crippen molar-refractivity contribution in [3.8, 4) is 11.6 Å². The molecule has 0 aliphatic heterocycles. The Morgan fingerprint density at radius 1 is 1.23 bits per heavy atom. The average Bonchev–Trinajstić information content (AvgIpc) is 3.32. The lowest BCUT2D eigenvalue weighted by molar-refractivity contribution is 0.0955. The normalized spacial score (nSPS) is 11.0. The van der Waals surface area contributed by atoms with Gasteiger partial charge < -0.3 is 14.7 Å². The van der Waals surface area contributed by atoms with Crippen LogP contribution in [0, 0.1) is 0 Å². The molecule has 0 aliphatic carbocycles. The predicted octanol–water partition coefficient (Wildman–Crippen LogP) is 3.24. The number of rotatable bonds is 5. The van der Waals surface area contributed by atoms with Gasteiger partial charge in [0.25, 0.3) is 5.91 Å². The molecule has 1 amide bonds. The zero-order valence-corrected chi connectivity index (χ0v) is 14.3. The summed E-state index contributed by atoms with van der Waals surface area (Å²) in [5.74, 6) is 0.920. The van der Waals surface area contributed by atoms with E-state index in [-0.39, 0.29) is 5.91 Å². The number of nitrogens with zero attached hydrogens (tertiary/aromatic N) is 3. The van der Waals surface area contributed by atoms with Crippen molar-refractivity contribution in [2.24, 2.45) is 0 Å². The maximum absolute atomic E-state index is 12.6. The third kappa shape index (κ3) is 3.29. The number of furan rings is 1. The molecule has 0 saturated carbocycles. The molecule has 4 aromatic heterocycles. The minimum absolute atomic E-state index is 0.200. The fourth-order valence-corrected chi connectivity index (χ4v) is 2.71. The van der Waals surface area contributed by atoms with E-state index < -0.39 is 0 Å². The van der Waals surface area contributed by atoms with Gasteiger partial charge in [0.05, 0.1) is 17.3 Å². The number of pyridine rings is 2. The molecule has 26 heavy (non-hydrogen) atoms. The van der Waals surface area contributed by atoms with Gasteiger partial charge in [-0.3, -0.25) is 4.79 Å². The number of fused-ring (bicyclic) bond motifs is 1. The fraction of sp³-hybridized carbons (Fsp3) is 0.111. The summed E-state index contributed by atoms with van der Waals surface area (Å²) in [6, 6.07) is 8.83. The number of halogens is 1. The molecule has 0 radical (unpaired) electrons. The van der Waals surface area contributed by atoms with Crippen molar-refractivity contribution in [3.05, 3.63) is 65.3 Å². The van der Waals surface area contributed by atoms with E-state index in [1.807, 2.05) is 6.07 Å². The molecule has 8 heteroatoms. The van der Waals surface area contributed by atoms with E-state index in [9.17, 15) is 4.79 Å². The molecule has 0 unspecified atom stereocenters. The van der Waals surface area contributed by atoms with E-state index in [1.54, 1.807) is 42.9 Å². The molecule has 0 bridgehead atoms. The van der Waals surface area contributed by atoms with Gasteiger partial charge in [-0.1, -0.05) is 17.7 Å². The van der Waals surface area contributed by atoms with Gasteiger partial charge >= 0.3 is 0 Å². The molecule has 7 nitrogen and oxygen atoms in total. The molecule has 0 fully saturated rings. The smallest absolute Gasteiger partial charge is 0.253 e. The van der Waals surface area contributed by atoms with Gasteiger partial charge in [0, 0.05) is 18.9 Å².